The number of hydrogen-bond acceptors (Lipinski definition) is 7. The molecule has 5 rings (SSSR count). The van der Waals surface area contributed by atoms with E-state index in [4.69, 9.17) is 14.2 Å². The number of ether oxygens (including phenoxy) is 3. The lowest BCUT2D eigenvalue weighted by Gasteiger charge is -2.37. The Labute approximate surface area is 289 Å². The van der Waals surface area contributed by atoms with Gasteiger partial charge in [-0.3, -0.25) is 9.59 Å². The summed E-state index contributed by atoms with van der Waals surface area (Å²) in [7, 11) is 1.78. The van der Waals surface area contributed by atoms with Crippen LogP contribution in [0.2, 0.25) is 0 Å². The van der Waals surface area contributed by atoms with Gasteiger partial charge >= 0.3 is 12.1 Å². The molecule has 9 nitrogen and oxygen atoms in total. The molecule has 4 aromatic carbocycles. The zero-order chi connectivity index (χ0) is 35.0. The van der Waals surface area contributed by atoms with Crippen molar-refractivity contribution in [3.63, 3.8) is 0 Å². The molecule has 9 heteroatoms. The Bertz CT molecular complexity index is 1700. The third kappa shape index (κ3) is 9.37. The van der Waals surface area contributed by atoms with Gasteiger partial charge < -0.3 is 24.4 Å². The lowest BCUT2D eigenvalue weighted by molar-refractivity contribution is -0.157. The van der Waals surface area contributed by atoms with Gasteiger partial charge in [-0.2, -0.15) is 0 Å². The molecule has 0 spiro atoms. The van der Waals surface area contributed by atoms with Crippen molar-refractivity contribution in [2.24, 2.45) is 0 Å². The van der Waals surface area contributed by atoms with E-state index < -0.39 is 29.6 Å². The van der Waals surface area contributed by atoms with Crippen LogP contribution in [0.5, 0.6) is 0 Å². The van der Waals surface area contributed by atoms with Crippen molar-refractivity contribution in [1.82, 2.24) is 15.1 Å². The maximum absolute atomic E-state index is 13.4. The second-order valence-electron chi connectivity index (χ2n) is 13.9. The lowest BCUT2D eigenvalue weighted by atomic mass is 9.94. The van der Waals surface area contributed by atoms with Crippen molar-refractivity contribution in [2.45, 2.75) is 77.4 Å². The number of rotatable bonds is 13. The van der Waals surface area contributed by atoms with Gasteiger partial charge in [0.2, 0.25) is 12.1 Å². The first-order valence-electron chi connectivity index (χ1n) is 17.2. The van der Waals surface area contributed by atoms with Gasteiger partial charge in [-0.25, -0.2) is 9.69 Å². The minimum absolute atomic E-state index is 0.0151. The van der Waals surface area contributed by atoms with Crippen LogP contribution in [0.15, 0.2) is 84.9 Å². The van der Waals surface area contributed by atoms with Crippen LogP contribution < -0.4 is 5.32 Å². The number of nitrogens with one attached hydrogen (secondary N) is 1. The minimum Gasteiger partial charge on any atom is -0.444 e. The summed E-state index contributed by atoms with van der Waals surface area (Å²) in [6.07, 6.45) is 0.723. The maximum atomic E-state index is 13.4. The van der Waals surface area contributed by atoms with E-state index in [2.05, 4.69) is 59.9 Å². The first-order valence-corrected chi connectivity index (χ1v) is 17.2. The maximum Gasteiger partial charge on any atom is 0.415 e. The van der Waals surface area contributed by atoms with Gasteiger partial charge in [-0.05, 0) is 85.8 Å². The van der Waals surface area contributed by atoms with Gasteiger partial charge in [-0.1, -0.05) is 78.9 Å². The molecule has 0 bridgehead atoms. The smallest absolute Gasteiger partial charge is 0.415 e. The Morgan fingerprint density at radius 1 is 0.939 bits per heavy atom. The molecule has 4 aromatic rings. The molecule has 2 amide bonds. The van der Waals surface area contributed by atoms with Gasteiger partial charge in [0.25, 0.3) is 0 Å². The van der Waals surface area contributed by atoms with Crippen molar-refractivity contribution < 1.29 is 28.6 Å². The molecule has 1 unspecified atom stereocenters. The molecule has 49 heavy (non-hydrogen) atoms. The summed E-state index contributed by atoms with van der Waals surface area (Å²) in [5, 5.41) is 8.61. The van der Waals surface area contributed by atoms with Crippen LogP contribution in [-0.4, -0.2) is 78.6 Å². The molecule has 0 radical (unpaired) electrons. The quantitative estimate of drug-likeness (QED) is 0.0947. The fourth-order valence-corrected chi connectivity index (χ4v) is 6.35. The number of amides is 2. The normalized spacial score (nSPS) is 17.7. The predicted octanol–water partition coefficient (Wildman–Crippen LogP) is 6.85. The van der Waals surface area contributed by atoms with E-state index in [1.165, 1.54) is 32.0 Å². The molecule has 260 valence electrons. The van der Waals surface area contributed by atoms with Crippen LogP contribution in [0, 0.1) is 0 Å². The average molecular weight is 668 g/mol. The van der Waals surface area contributed by atoms with Crippen LogP contribution in [0.1, 0.15) is 58.1 Å². The van der Waals surface area contributed by atoms with Gasteiger partial charge in [0.1, 0.15) is 17.9 Å². The monoisotopic (exact) mass is 667 g/mol. The lowest BCUT2D eigenvalue weighted by Crippen LogP contribution is -2.53. The molecular formula is C40H49N3O6. The van der Waals surface area contributed by atoms with Crippen LogP contribution in [0.25, 0.3) is 21.5 Å². The van der Waals surface area contributed by atoms with Crippen molar-refractivity contribution in [1.29, 1.82) is 0 Å². The standard InChI is InChI=1S/C40H49N3O6/c1-39(2,3)49-38(46)43-36(48-37(45)26-29-14-7-6-8-15-29)28-47-40(43,4)22-21-35(44)42(5)25-24-41-23-13-20-34-32-18-11-9-16-30(32)27-31-17-10-12-19-33(31)34/h6-12,14-19,27,36,41H,13,20-26,28H2,1-5H3/t36-,40?/m1/s1. The highest BCUT2D eigenvalue weighted by Gasteiger charge is 2.50. The Morgan fingerprint density at radius 3 is 2.22 bits per heavy atom. The molecule has 1 N–H and O–H groups in total. The summed E-state index contributed by atoms with van der Waals surface area (Å²) < 4.78 is 17.5. The zero-order valence-corrected chi connectivity index (χ0v) is 29.4. The van der Waals surface area contributed by atoms with E-state index in [0.29, 0.717) is 13.1 Å². The average Bonchev–Trinajstić information content (AvgIpc) is 3.39. The van der Waals surface area contributed by atoms with Gasteiger partial charge in [-0.15, -0.1) is 0 Å². The molecule has 1 fully saturated rings. The molecule has 1 aliphatic rings. The van der Waals surface area contributed by atoms with E-state index in [9.17, 15) is 14.4 Å². The van der Waals surface area contributed by atoms with Crippen LogP contribution in [0.3, 0.4) is 0 Å². The van der Waals surface area contributed by atoms with Gasteiger partial charge in [0, 0.05) is 33.0 Å². The van der Waals surface area contributed by atoms with Crippen LogP contribution in [-0.2, 0) is 36.6 Å². The van der Waals surface area contributed by atoms with Gasteiger partial charge in [0.15, 0.2) is 0 Å². The summed E-state index contributed by atoms with van der Waals surface area (Å²) in [6, 6.07) is 28.6. The van der Waals surface area contributed by atoms with Crippen LogP contribution in [0.4, 0.5) is 4.79 Å². The Balaban J connectivity index is 1.10. The van der Waals surface area contributed by atoms with Crippen molar-refractivity contribution in [2.75, 3.05) is 33.3 Å². The van der Waals surface area contributed by atoms with Gasteiger partial charge in [0.05, 0.1) is 6.42 Å². The van der Waals surface area contributed by atoms with Crippen molar-refractivity contribution in [3.05, 3.63) is 96.1 Å². The number of esters is 1. The fraction of sp³-hybridized carbons (Fsp3) is 0.425. The molecule has 0 aromatic heterocycles. The minimum atomic E-state index is -1.19. The molecule has 1 heterocycles. The number of fused-ring (bicyclic) bond motifs is 2. The number of carbonyl (C=O) groups excluding carboxylic acids is 3. The number of likely N-dealkylation sites (N-methyl/N-ethyl adjacent to an activating group) is 1. The number of nitrogens with zero attached hydrogens (tertiary/aromatic N) is 2. The molecule has 1 aliphatic heterocycles. The molecule has 2 atom stereocenters. The van der Waals surface area contributed by atoms with Crippen molar-refractivity contribution >= 4 is 39.5 Å². The highest BCUT2D eigenvalue weighted by molar-refractivity contribution is 6.02. The predicted molar refractivity (Wildman–Crippen MR) is 192 cm³/mol. The number of hydrogen-bond donors (Lipinski definition) is 1. The van der Waals surface area contributed by atoms with Crippen LogP contribution >= 0.6 is 0 Å². The zero-order valence-electron chi connectivity index (χ0n) is 29.4. The Morgan fingerprint density at radius 2 is 1.57 bits per heavy atom. The first-order chi connectivity index (χ1) is 23.4. The van der Waals surface area contributed by atoms with E-state index in [-0.39, 0.29) is 31.8 Å². The van der Waals surface area contributed by atoms with E-state index in [1.54, 1.807) is 39.6 Å². The van der Waals surface area contributed by atoms with E-state index >= 15 is 0 Å². The summed E-state index contributed by atoms with van der Waals surface area (Å²) in [5.74, 6) is -0.547. The Hall–Kier alpha value is -4.47. The first kappa shape index (κ1) is 35.8. The number of aryl methyl sites for hydroxylation is 1. The number of benzene rings is 4. The summed E-state index contributed by atoms with van der Waals surface area (Å²) in [5.41, 5.74) is 0.212. The second kappa shape index (κ2) is 15.8. The highest BCUT2D eigenvalue weighted by Crippen LogP contribution is 2.35. The van der Waals surface area contributed by atoms with E-state index in [0.717, 1.165) is 24.9 Å². The van der Waals surface area contributed by atoms with Crippen molar-refractivity contribution in [3.8, 4) is 0 Å². The summed E-state index contributed by atoms with van der Waals surface area (Å²) >= 11 is 0. The molecular weight excluding hydrogens is 618 g/mol. The largest absolute Gasteiger partial charge is 0.444 e. The fourth-order valence-electron chi connectivity index (χ4n) is 6.35. The SMILES string of the molecule is CN(CCNCCCc1c2ccccc2cc2ccccc12)C(=O)CCC1(C)OC[C@@H](OC(=O)Cc2ccccc2)N1C(=O)OC(C)(C)C. The van der Waals surface area contributed by atoms with E-state index in [1.807, 2.05) is 30.3 Å². The topological polar surface area (TPSA) is 97.4 Å². The Kier molecular flexibility index (Phi) is 11.6. The third-order valence-corrected chi connectivity index (χ3v) is 8.90. The third-order valence-electron chi connectivity index (χ3n) is 8.90. The second-order valence-corrected chi connectivity index (χ2v) is 13.9. The molecule has 0 saturated carbocycles. The summed E-state index contributed by atoms with van der Waals surface area (Å²) in [6.45, 7) is 9.07. The molecule has 1 saturated heterocycles. The highest BCUT2D eigenvalue weighted by atomic mass is 16.6. The summed E-state index contributed by atoms with van der Waals surface area (Å²) in [4.78, 5) is 42.4. The number of carbonyl (C=O) groups is 3. The molecule has 0 aliphatic carbocycles.